The van der Waals surface area contributed by atoms with E-state index in [2.05, 4.69) is 15.9 Å². The molecule has 1 saturated carbocycles. The van der Waals surface area contributed by atoms with Crippen LogP contribution in [0.5, 0.6) is 5.75 Å². The second-order valence-corrected chi connectivity index (χ2v) is 6.58. The summed E-state index contributed by atoms with van der Waals surface area (Å²) in [6.07, 6.45) is 4.74. The molecule has 1 aliphatic carbocycles. The van der Waals surface area contributed by atoms with Crippen LogP contribution in [-0.4, -0.2) is 14.5 Å². The Morgan fingerprint density at radius 1 is 1.29 bits per heavy atom. The molecule has 0 spiro atoms. The van der Waals surface area contributed by atoms with Crippen molar-refractivity contribution < 1.29 is 13.2 Å². The van der Waals surface area contributed by atoms with Crippen molar-refractivity contribution in [3.63, 3.8) is 0 Å². The number of primary sulfonamides is 1. The van der Waals surface area contributed by atoms with E-state index in [-0.39, 0.29) is 11.0 Å². The number of hydrogen-bond donors (Lipinski definition) is 1. The van der Waals surface area contributed by atoms with E-state index < -0.39 is 10.0 Å². The normalized spacial score (nSPS) is 17.3. The third kappa shape index (κ3) is 3.20. The molecule has 0 radical (unpaired) electrons. The maximum atomic E-state index is 11.2. The van der Waals surface area contributed by atoms with E-state index in [1.165, 1.54) is 25.0 Å². The molecule has 1 aromatic rings. The first-order valence-electron chi connectivity index (χ1n) is 5.46. The average Bonchev–Trinajstić information content (AvgIpc) is 2.72. The van der Waals surface area contributed by atoms with Gasteiger partial charge in [-0.05, 0) is 59.8 Å². The molecular weight excluding hydrogens is 306 g/mol. The average molecular weight is 320 g/mol. The Morgan fingerprint density at radius 3 is 2.47 bits per heavy atom. The predicted molar refractivity (Wildman–Crippen MR) is 68.4 cm³/mol. The molecule has 0 heterocycles. The zero-order valence-corrected chi connectivity index (χ0v) is 11.6. The SMILES string of the molecule is NS(=O)(=O)c1ccc(OC2CCCC2)c(Br)c1. The minimum Gasteiger partial charge on any atom is -0.489 e. The lowest BCUT2D eigenvalue weighted by Gasteiger charge is -2.14. The summed E-state index contributed by atoms with van der Waals surface area (Å²) in [7, 11) is -3.65. The number of halogens is 1. The molecule has 2 N–H and O–H groups in total. The van der Waals surface area contributed by atoms with E-state index in [4.69, 9.17) is 9.88 Å². The van der Waals surface area contributed by atoms with E-state index in [0.717, 1.165) is 12.8 Å². The Labute approximate surface area is 109 Å². The third-order valence-corrected chi connectivity index (χ3v) is 4.36. The van der Waals surface area contributed by atoms with Gasteiger partial charge in [-0.1, -0.05) is 0 Å². The van der Waals surface area contributed by atoms with Crippen molar-refractivity contribution in [2.75, 3.05) is 0 Å². The molecule has 1 aromatic carbocycles. The molecule has 0 atom stereocenters. The van der Waals surface area contributed by atoms with Crippen molar-refractivity contribution in [3.8, 4) is 5.75 Å². The Kier molecular flexibility index (Phi) is 3.75. The molecule has 1 aliphatic rings. The molecule has 0 amide bonds. The second-order valence-electron chi connectivity index (χ2n) is 4.16. The quantitative estimate of drug-likeness (QED) is 0.930. The van der Waals surface area contributed by atoms with Gasteiger partial charge in [0.2, 0.25) is 10.0 Å². The molecule has 0 aromatic heterocycles. The van der Waals surface area contributed by atoms with Crippen LogP contribution in [0.25, 0.3) is 0 Å². The van der Waals surface area contributed by atoms with Crippen LogP contribution >= 0.6 is 15.9 Å². The van der Waals surface area contributed by atoms with Gasteiger partial charge in [0.05, 0.1) is 15.5 Å². The molecule has 0 bridgehead atoms. The molecule has 2 rings (SSSR count). The summed E-state index contributed by atoms with van der Waals surface area (Å²) in [6.45, 7) is 0. The highest BCUT2D eigenvalue weighted by Gasteiger charge is 2.18. The smallest absolute Gasteiger partial charge is 0.238 e. The van der Waals surface area contributed by atoms with Gasteiger partial charge in [0.1, 0.15) is 5.75 Å². The van der Waals surface area contributed by atoms with Crippen LogP contribution < -0.4 is 9.88 Å². The van der Waals surface area contributed by atoms with Gasteiger partial charge in [0.25, 0.3) is 0 Å². The van der Waals surface area contributed by atoms with Gasteiger partial charge in [-0.3, -0.25) is 0 Å². The standard InChI is InChI=1S/C11H14BrNO3S/c12-10-7-9(17(13,14)15)5-6-11(10)16-8-3-1-2-4-8/h5-8H,1-4H2,(H2,13,14,15). The molecule has 0 saturated heterocycles. The van der Waals surface area contributed by atoms with E-state index in [0.29, 0.717) is 10.2 Å². The number of hydrogen-bond acceptors (Lipinski definition) is 3. The van der Waals surface area contributed by atoms with Gasteiger partial charge in [-0.15, -0.1) is 0 Å². The van der Waals surface area contributed by atoms with Crippen LogP contribution in [0, 0.1) is 0 Å². The Balaban J connectivity index is 2.19. The van der Waals surface area contributed by atoms with Gasteiger partial charge >= 0.3 is 0 Å². The van der Waals surface area contributed by atoms with Crippen molar-refractivity contribution >= 4 is 26.0 Å². The van der Waals surface area contributed by atoms with Crippen LogP contribution in [0.15, 0.2) is 27.6 Å². The summed E-state index contributed by atoms with van der Waals surface area (Å²) < 4.78 is 28.7. The fourth-order valence-electron chi connectivity index (χ4n) is 1.94. The Hall–Kier alpha value is -0.590. The van der Waals surface area contributed by atoms with E-state index >= 15 is 0 Å². The molecule has 0 unspecified atom stereocenters. The summed E-state index contributed by atoms with van der Waals surface area (Å²) in [5.74, 6) is 0.671. The molecule has 94 valence electrons. The molecule has 4 nitrogen and oxygen atoms in total. The highest BCUT2D eigenvalue weighted by atomic mass is 79.9. The lowest BCUT2D eigenvalue weighted by molar-refractivity contribution is 0.208. The van der Waals surface area contributed by atoms with Gasteiger partial charge < -0.3 is 4.74 Å². The minimum absolute atomic E-state index is 0.0862. The summed E-state index contributed by atoms with van der Waals surface area (Å²) in [5, 5.41) is 5.05. The van der Waals surface area contributed by atoms with Crippen LogP contribution in [0.4, 0.5) is 0 Å². The van der Waals surface area contributed by atoms with Gasteiger partial charge in [-0.2, -0.15) is 0 Å². The number of sulfonamides is 1. The summed E-state index contributed by atoms with van der Waals surface area (Å²) in [4.78, 5) is 0.0862. The van der Waals surface area contributed by atoms with Crippen LogP contribution in [0.2, 0.25) is 0 Å². The predicted octanol–water partition coefficient (Wildman–Crippen LogP) is 2.42. The van der Waals surface area contributed by atoms with E-state index in [1.807, 2.05) is 0 Å². The van der Waals surface area contributed by atoms with Gasteiger partial charge in [0.15, 0.2) is 0 Å². The molecule has 17 heavy (non-hydrogen) atoms. The van der Waals surface area contributed by atoms with Gasteiger partial charge in [0, 0.05) is 0 Å². The Bertz CT molecular complexity index is 509. The zero-order valence-electron chi connectivity index (χ0n) is 9.23. The zero-order chi connectivity index (χ0) is 12.5. The highest BCUT2D eigenvalue weighted by Crippen LogP contribution is 2.31. The molecule has 6 heteroatoms. The van der Waals surface area contributed by atoms with Crippen molar-refractivity contribution in [1.29, 1.82) is 0 Å². The first-order valence-corrected chi connectivity index (χ1v) is 7.80. The molecule has 0 aliphatic heterocycles. The maximum absolute atomic E-state index is 11.2. The number of rotatable bonds is 3. The maximum Gasteiger partial charge on any atom is 0.238 e. The molecular formula is C11H14BrNO3S. The topological polar surface area (TPSA) is 69.4 Å². The van der Waals surface area contributed by atoms with E-state index in [1.54, 1.807) is 6.07 Å². The first-order chi connectivity index (χ1) is 7.97. The van der Waals surface area contributed by atoms with Crippen molar-refractivity contribution in [1.82, 2.24) is 0 Å². The fourth-order valence-corrected chi connectivity index (χ4v) is 3.10. The second kappa shape index (κ2) is 4.96. The minimum atomic E-state index is -3.65. The van der Waals surface area contributed by atoms with Crippen LogP contribution in [0.1, 0.15) is 25.7 Å². The monoisotopic (exact) mass is 319 g/mol. The molecule has 1 fully saturated rings. The number of ether oxygens (including phenoxy) is 1. The number of nitrogens with two attached hydrogens (primary N) is 1. The van der Waals surface area contributed by atoms with Crippen molar-refractivity contribution in [3.05, 3.63) is 22.7 Å². The lowest BCUT2D eigenvalue weighted by Crippen LogP contribution is -2.13. The number of benzene rings is 1. The Morgan fingerprint density at radius 2 is 1.94 bits per heavy atom. The first kappa shape index (κ1) is 12.9. The van der Waals surface area contributed by atoms with E-state index in [9.17, 15) is 8.42 Å². The highest BCUT2D eigenvalue weighted by molar-refractivity contribution is 9.10. The largest absolute Gasteiger partial charge is 0.489 e. The van der Waals surface area contributed by atoms with Gasteiger partial charge in [-0.25, -0.2) is 13.6 Å². The summed E-state index contributed by atoms with van der Waals surface area (Å²) >= 11 is 3.30. The van der Waals surface area contributed by atoms with Crippen molar-refractivity contribution in [2.24, 2.45) is 5.14 Å². The summed E-state index contributed by atoms with van der Waals surface area (Å²) in [6, 6.07) is 4.58. The van der Waals surface area contributed by atoms with Crippen LogP contribution in [0.3, 0.4) is 0 Å². The fraction of sp³-hybridized carbons (Fsp3) is 0.455. The lowest BCUT2D eigenvalue weighted by atomic mass is 10.3. The third-order valence-electron chi connectivity index (χ3n) is 2.83. The van der Waals surface area contributed by atoms with Crippen molar-refractivity contribution in [2.45, 2.75) is 36.7 Å². The van der Waals surface area contributed by atoms with Crippen LogP contribution in [-0.2, 0) is 10.0 Å². The summed E-state index contributed by atoms with van der Waals surface area (Å²) in [5.41, 5.74) is 0.